The number of anilines is 1. The summed E-state index contributed by atoms with van der Waals surface area (Å²) in [6.45, 7) is 4.40. The summed E-state index contributed by atoms with van der Waals surface area (Å²) < 4.78 is 0. The van der Waals surface area contributed by atoms with E-state index in [1.165, 1.54) is 30.6 Å². The van der Waals surface area contributed by atoms with E-state index in [0.717, 1.165) is 18.8 Å². The van der Waals surface area contributed by atoms with Crippen LogP contribution in [0.1, 0.15) is 37.5 Å². The Morgan fingerprint density at radius 3 is 2.80 bits per heavy atom. The fourth-order valence-corrected chi connectivity index (χ4v) is 3.04. The lowest BCUT2D eigenvalue weighted by molar-refractivity contribution is 0.124. The molecule has 1 fully saturated rings. The molecule has 0 unspecified atom stereocenters. The van der Waals surface area contributed by atoms with Crippen LogP contribution in [0.2, 0.25) is 0 Å². The maximum absolute atomic E-state index is 5.84. The molecule has 1 aromatic heterocycles. The van der Waals surface area contributed by atoms with Gasteiger partial charge in [0.05, 0.1) is 0 Å². The number of nitrogens with one attached hydrogen (secondary N) is 1. The number of thiophene rings is 1. The Bertz CT molecular complexity index is 310. The Balaban J connectivity index is 1.77. The van der Waals surface area contributed by atoms with E-state index < -0.39 is 0 Å². The summed E-state index contributed by atoms with van der Waals surface area (Å²) >= 11 is 1.75. The van der Waals surface area contributed by atoms with Gasteiger partial charge in [-0.15, -0.1) is 11.3 Å². The summed E-state index contributed by atoms with van der Waals surface area (Å²) in [5.41, 5.74) is 7.38. The SMILES string of the molecule is CCC1(CNCc2sccc2N)CCC1. The van der Waals surface area contributed by atoms with Gasteiger partial charge in [0.25, 0.3) is 0 Å². The molecule has 0 bridgehead atoms. The van der Waals surface area contributed by atoms with Crippen molar-refractivity contribution in [2.75, 3.05) is 12.3 Å². The summed E-state index contributed by atoms with van der Waals surface area (Å²) in [7, 11) is 0. The second kappa shape index (κ2) is 4.54. The molecule has 1 aliphatic carbocycles. The molecule has 15 heavy (non-hydrogen) atoms. The van der Waals surface area contributed by atoms with Gasteiger partial charge in [-0.3, -0.25) is 0 Å². The fraction of sp³-hybridized carbons (Fsp3) is 0.667. The Kier molecular flexibility index (Phi) is 3.32. The largest absolute Gasteiger partial charge is 0.398 e. The smallest absolute Gasteiger partial charge is 0.0468 e. The molecule has 1 aromatic rings. The van der Waals surface area contributed by atoms with Crippen LogP contribution in [-0.4, -0.2) is 6.54 Å². The van der Waals surface area contributed by atoms with E-state index in [9.17, 15) is 0 Å². The van der Waals surface area contributed by atoms with Gasteiger partial charge in [-0.05, 0) is 36.1 Å². The molecule has 84 valence electrons. The highest BCUT2D eigenvalue weighted by molar-refractivity contribution is 7.10. The van der Waals surface area contributed by atoms with Crippen LogP contribution < -0.4 is 11.1 Å². The quantitative estimate of drug-likeness (QED) is 0.807. The van der Waals surface area contributed by atoms with Crippen molar-refractivity contribution in [2.24, 2.45) is 5.41 Å². The van der Waals surface area contributed by atoms with Crippen LogP contribution in [-0.2, 0) is 6.54 Å². The summed E-state index contributed by atoms with van der Waals surface area (Å²) in [5.74, 6) is 0. The first kappa shape index (κ1) is 11.0. The van der Waals surface area contributed by atoms with Crippen LogP contribution in [0.5, 0.6) is 0 Å². The summed E-state index contributed by atoms with van der Waals surface area (Å²) in [5, 5.41) is 5.61. The minimum absolute atomic E-state index is 0.603. The fourth-order valence-electron chi connectivity index (χ4n) is 2.27. The van der Waals surface area contributed by atoms with Crippen molar-refractivity contribution < 1.29 is 0 Å². The lowest BCUT2D eigenvalue weighted by atomic mass is 9.67. The van der Waals surface area contributed by atoms with Gasteiger partial charge in [0.15, 0.2) is 0 Å². The lowest BCUT2D eigenvalue weighted by Gasteiger charge is -2.41. The molecule has 1 aliphatic rings. The molecular weight excluding hydrogens is 204 g/mol. The van der Waals surface area contributed by atoms with Gasteiger partial charge in [-0.1, -0.05) is 13.3 Å². The molecule has 0 saturated heterocycles. The lowest BCUT2D eigenvalue weighted by Crippen LogP contribution is -2.39. The number of rotatable bonds is 5. The maximum atomic E-state index is 5.84. The molecule has 2 nitrogen and oxygen atoms in total. The van der Waals surface area contributed by atoms with Crippen molar-refractivity contribution in [3.8, 4) is 0 Å². The van der Waals surface area contributed by atoms with Crippen LogP contribution in [0.3, 0.4) is 0 Å². The molecule has 3 heteroatoms. The van der Waals surface area contributed by atoms with Crippen LogP contribution >= 0.6 is 11.3 Å². The van der Waals surface area contributed by atoms with Crippen molar-refractivity contribution in [3.05, 3.63) is 16.3 Å². The van der Waals surface area contributed by atoms with Gasteiger partial charge < -0.3 is 11.1 Å². The molecule has 3 N–H and O–H groups in total. The second-order valence-corrected chi connectivity index (χ2v) is 5.61. The Morgan fingerprint density at radius 1 is 1.53 bits per heavy atom. The zero-order valence-corrected chi connectivity index (χ0v) is 10.2. The van der Waals surface area contributed by atoms with Gasteiger partial charge in [-0.25, -0.2) is 0 Å². The van der Waals surface area contributed by atoms with Crippen LogP contribution in [0, 0.1) is 5.41 Å². The number of hydrogen-bond acceptors (Lipinski definition) is 3. The molecular formula is C12H20N2S. The van der Waals surface area contributed by atoms with Gasteiger partial charge in [0.1, 0.15) is 0 Å². The molecule has 0 radical (unpaired) electrons. The molecule has 2 rings (SSSR count). The molecule has 0 atom stereocenters. The third-order valence-electron chi connectivity index (χ3n) is 3.73. The van der Waals surface area contributed by atoms with Crippen molar-refractivity contribution in [3.63, 3.8) is 0 Å². The standard InChI is InChI=1S/C12H20N2S/c1-2-12(5-3-6-12)9-14-8-11-10(13)4-7-15-11/h4,7,14H,2-3,5-6,8-9,13H2,1H3. The van der Waals surface area contributed by atoms with Crippen molar-refractivity contribution in [1.29, 1.82) is 0 Å². The Hall–Kier alpha value is -0.540. The van der Waals surface area contributed by atoms with Gasteiger partial charge >= 0.3 is 0 Å². The van der Waals surface area contributed by atoms with E-state index in [-0.39, 0.29) is 0 Å². The first-order valence-corrected chi connectivity index (χ1v) is 6.66. The van der Waals surface area contributed by atoms with Gasteiger partial charge in [-0.2, -0.15) is 0 Å². The van der Waals surface area contributed by atoms with Gasteiger partial charge in [0, 0.05) is 23.7 Å². The second-order valence-electron chi connectivity index (χ2n) is 4.61. The highest BCUT2D eigenvalue weighted by atomic mass is 32.1. The van der Waals surface area contributed by atoms with E-state index in [4.69, 9.17) is 5.73 Å². The van der Waals surface area contributed by atoms with Crippen LogP contribution in [0.25, 0.3) is 0 Å². The summed E-state index contributed by atoms with van der Waals surface area (Å²) in [4.78, 5) is 1.28. The normalized spacial score (nSPS) is 18.7. The average molecular weight is 224 g/mol. The maximum Gasteiger partial charge on any atom is 0.0468 e. The molecule has 0 spiro atoms. The van der Waals surface area contributed by atoms with Crippen LogP contribution in [0.15, 0.2) is 11.4 Å². The van der Waals surface area contributed by atoms with E-state index >= 15 is 0 Å². The predicted octanol–water partition coefficient (Wildman–Crippen LogP) is 3.00. The van der Waals surface area contributed by atoms with Crippen molar-refractivity contribution >= 4 is 17.0 Å². The van der Waals surface area contributed by atoms with Crippen LogP contribution in [0.4, 0.5) is 5.69 Å². The Morgan fingerprint density at radius 2 is 2.33 bits per heavy atom. The van der Waals surface area contributed by atoms with E-state index in [0.29, 0.717) is 5.41 Å². The number of hydrogen-bond donors (Lipinski definition) is 2. The Labute approximate surface area is 95.9 Å². The van der Waals surface area contributed by atoms with Crippen molar-refractivity contribution in [1.82, 2.24) is 5.32 Å². The highest BCUT2D eigenvalue weighted by Gasteiger charge is 2.34. The zero-order valence-electron chi connectivity index (χ0n) is 9.38. The minimum atomic E-state index is 0.603. The molecule has 0 aliphatic heterocycles. The predicted molar refractivity (Wildman–Crippen MR) is 67.0 cm³/mol. The van der Waals surface area contributed by atoms with E-state index in [1.807, 2.05) is 6.07 Å². The monoisotopic (exact) mass is 224 g/mol. The third-order valence-corrected chi connectivity index (χ3v) is 4.67. The highest BCUT2D eigenvalue weighted by Crippen LogP contribution is 2.43. The first-order valence-electron chi connectivity index (χ1n) is 5.78. The molecule has 0 amide bonds. The van der Waals surface area contributed by atoms with Crippen molar-refractivity contribution in [2.45, 2.75) is 39.2 Å². The van der Waals surface area contributed by atoms with E-state index in [1.54, 1.807) is 11.3 Å². The molecule has 1 heterocycles. The van der Waals surface area contributed by atoms with E-state index in [2.05, 4.69) is 17.6 Å². The number of nitrogen functional groups attached to an aromatic ring is 1. The molecule has 1 saturated carbocycles. The van der Waals surface area contributed by atoms with Gasteiger partial charge in [0.2, 0.25) is 0 Å². The first-order chi connectivity index (χ1) is 7.26. The average Bonchev–Trinajstić information content (AvgIpc) is 2.57. The summed E-state index contributed by atoms with van der Waals surface area (Å²) in [6.07, 6.45) is 5.52. The minimum Gasteiger partial charge on any atom is -0.398 e. The zero-order chi connectivity index (χ0) is 10.7. The topological polar surface area (TPSA) is 38.0 Å². The third kappa shape index (κ3) is 2.34. The number of nitrogens with two attached hydrogens (primary N) is 1. The summed E-state index contributed by atoms with van der Waals surface area (Å²) in [6, 6.07) is 1.99. The molecule has 0 aromatic carbocycles.